The van der Waals surface area contributed by atoms with E-state index >= 15 is 8.78 Å². The Balaban J connectivity index is 1.32. The minimum atomic E-state index is -1.07. The topological polar surface area (TPSA) is 108 Å². The number of carboxylic acids is 1. The fraction of sp³-hybridized carbons (Fsp3) is 0.273. The number of pyridine rings is 2. The predicted octanol–water partition coefficient (Wildman–Crippen LogP) is 5.54. The number of aromatic nitrogens is 4. The summed E-state index contributed by atoms with van der Waals surface area (Å²) in [5.74, 6) is -1.76. The highest BCUT2D eigenvalue weighted by Crippen LogP contribution is 2.40. The second kappa shape index (κ2) is 11.3. The number of rotatable bonds is 8. The largest absolute Gasteiger partial charge is 0.478 e. The minimum Gasteiger partial charge on any atom is -0.478 e. The average Bonchev–Trinajstić information content (AvgIpc) is 3.52. The smallest absolute Gasteiger partial charge is 0.335 e. The molecule has 226 valence electrons. The molecule has 0 amide bonds. The molecule has 0 saturated carbocycles. The molecule has 1 aliphatic heterocycles. The van der Waals surface area contributed by atoms with Gasteiger partial charge in [0.1, 0.15) is 24.1 Å². The van der Waals surface area contributed by atoms with E-state index in [2.05, 4.69) is 4.98 Å². The molecule has 0 bridgehead atoms. The van der Waals surface area contributed by atoms with Crippen molar-refractivity contribution < 1.29 is 28.2 Å². The maximum Gasteiger partial charge on any atom is 0.335 e. The van der Waals surface area contributed by atoms with Crippen LogP contribution >= 0.6 is 0 Å². The lowest BCUT2D eigenvalue weighted by atomic mass is 9.87. The molecule has 0 radical (unpaired) electrons. The molecule has 11 heteroatoms. The molecule has 2 aromatic carbocycles. The van der Waals surface area contributed by atoms with Crippen LogP contribution in [0.15, 0.2) is 71.7 Å². The summed E-state index contributed by atoms with van der Waals surface area (Å²) in [6, 6.07) is 14.8. The molecule has 3 aromatic heterocycles. The van der Waals surface area contributed by atoms with Gasteiger partial charge in [0.15, 0.2) is 0 Å². The first-order chi connectivity index (χ1) is 21.0. The van der Waals surface area contributed by atoms with Gasteiger partial charge in [-0.1, -0.05) is 19.9 Å². The first-order valence-electron chi connectivity index (χ1n) is 14.1. The fourth-order valence-corrected chi connectivity index (χ4v) is 5.58. The first-order valence-corrected chi connectivity index (χ1v) is 14.1. The summed E-state index contributed by atoms with van der Waals surface area (Å²) in [5, 5.41) is 9.58. The van der Waals surface area contributed by atoms with E-state index in [4.69, 9.17) is 14.5 Å². The average molecular weight is 601 g/mol. The summed E-state index contributed by atoms with van der Waals surface area (Å²) < 4.78 is 46.0. The fourth-order valence-electron chi connectivity index (χ4n) is 5.58. The Morgan fingerprint density at radius 1 is 1.07 bits per heavy atom. The second-order valence-electron chi connectivity index (χ2n) is 11.6. The number of nitrogens with zero attached hydrogens (tertiary/aromatic N) is 4. The summed E-state index contributed by atoms with van der Waals surface area (Å²) in [6.07, 6.45) is 1.61. The van der Waals surface area contributed by atoms with Crippen molar-refractivity contribution >= 4 is 17.0 Å². The molecule has 6 rings (SSSR count). The Hall–Kier alpha value is -4.90. The number of aryl methyl sites for hydroxylation is 1. The summed E-state index contributed by atoms with van der Waals surface area (Å²) in [6.45, 7) is 4.92. The van der Waals surface area contributed by atoms with Crippen molar-refractivity contribution in [2.75, 3.05) is 13.2 Å². The van der Waals surface area contributed by atoms with Gasteiger partial charge in [-0.15, -0.1) is 0 Å². The van der Waals surface area contributed by atoms with E-state index in [0.717, 1.165) is 12.1 Å². The number of carbonyl (C=O) groups is 1. The van der Waals surface area contributed by atoms with Crippen molar-refractivity contribution in [3.63, 3.8) is 0 Å². The van der Waals surface area contributed by atoms with Crippen LogP contribution in [0.3, 0.4) is 0 Å². The molecular weight excluding hydrogens is 570 g/mol. The molecule has 1 atom stereocenters. The number of benzene rings is 2. The molecule has 0 spiro atoms. The van der Waals surface area contributed by atoms with Gasteiger partial charge >= 0.3 is 5.97 Å². The highest BCUT2D eigenvalue weighted by Gasteiger charge is 2.39. The van der Waals surface area contributed by atoms with Crippen LogP contribution in [0, 0.1) is 17.0 Å². The maximum absolute atomic E-state index is 15.6. The van der Waals surface area contributed by atoms with E-state index in [-0.39, 0.29) is 58.3 Å². The molecule has 9 nitrogen and oxygen atoms in total. The molecule has 44 heavy (non-hydrogen) atoms. The summed E-state index contributed by atoms with van der Waals surface area (Å²) in [5.41, 5.74) is 1.39. The molecule has 5 aromatic rings. The summed E-state index contributed by atoms with van der Waals surface area (Å²) >= 11 is 0. The van der Waals surface area contributed by atoms with E-state index in [1.165, 1.54) is 10.6 Å². The maximum atomic E-state index is 15.6. The zero-order valence-electron chi connectivity index (χ0n) is 24.4. The van der Waals surface area contributed by atoms with Gasteiger partial charge < -0.3 is 23.7 Å². The number of aromatic carboxylic acids is 1. The number of imidazole rings is 1. The summed E-state index contributed by atoms with van der Waals surface area (Å²) in [7, 11) is 1.64. The predicted molar refractivity (Wildman–Crippen MR) is 159 cm³/mol. The van der Waals surface area contributed by atoms with Crippen molar-refractivity contribution in [1.82, 2.24) is 19.1 Å². The molecule has 4 heterocycles. The number of hydrogen-bond donors (Lipinski definition) is 1. The van der Waals surface area contributed by atoms with Crippen LogP contribution in [0.1, 0.15) is 47.2 Å². The van der Waals surface area contributed by atoms with Crippen molar-refractivity contribution in [3.8, 4) is 17.1 Å². The normalized spacial score (nSPS) is 16.0. The Bertz CT molecular complexity index is 1970. The quantitative estimate of drug-likeness (QED) is 0.249. The molecule has 1 aliphatic rings. The van der Waals surface area contributed by atoms with Crippen molar-refractivity contribution in [3.05, 3.63) is 111 Å². The number of halogens is 2. The molecule has 1 unspecified atom stereocenters. The Labute approximate surface area is 251 Å². The van der Waals surface area contributed by atoms with Crippen molar-refractivity contribution in [2.24, 2.45) is 12.5 Å². The van der Waals surface area contributed by atoms with Gasteiger partial charge in [-0.3, -0.25) is 4.79 Å². The highest BCUT2D eigenvalue weighted by molar-refractivity contribution is 5.92. The van der Waals surface area contributed by atoms with Crippen LogP contribution in [0.4, 0.5) is 8.78 Å². The van der Waals surface area contributed by atoms with Crippen LogP contribution in [-0.2, 0) is 24.8 Å². The van der Waals surface area contributed by atoms with Crippen LogP contribution in [0.25, 0.3) is 22.3 Å². The van der Waals surface area contributed by atoms with Crippen LogP contribution in [-0.4, -0.2) is 43.4 Å². The Morgan fingerprint density at radius 2 is 1.89 bits per heavy atom. The van der Waals surface area contributed by atoms with E-state index in [0.29, 0.717) is 35.6 Å². The number of ether oxygens (including phenoxy) is 2. The molecular formula is C33H30F2N4O5. The zero-order chi connectivity index (χ0) is 31.2. The Kier molecular flexibility index (Phi) is 7.50. The standard InChI is InChI=1S/C33H30F2N4O5/c1-33(2)18-43-17-28(33)39-27-13-19(32(41)42)9-10-26(27)36-29(39)14-21-12-24(35)22(15-23(21)34)25-7-4-8-30(37-25)44-16-20-6-5-11-38(3)31(20)40/h4-13,15,28H,14,16-18H2,1-3H3,(H,41,42). The number of fused-ring (bicyclic) bond motifs is 1. The zero-order valence-corrected chi connectivity index (χ0v) is 24.4. The number of carboxylic acid groups (broad SMARTS) is 1. The lowest BCUT2D eigenvalue weighted by molar-refractivity contribution is 0.0697. The first kappa shape index (κ1) is 29.2. The Morgan fingerprint density at radius 3 is 2.64 bits per heavy atom. The third-order valence-corrected chi connectivity index (χ3v) is 8.03. The van der Waals surface area contributed by atoms with Gasteiger partial charge in [0.05, 0.1) is 47.1 Å². The van der Waals surface area contributed by atoms with Gasteiger partial charge in [-0.25, -0.2) is 23.5 Å². The van der Waals surface area contributed by atoms with Gasteiger partial charge in [-0.05, 0) is 54.1 Å². The third-order valence-electron chi connectivity index (χ3n) is 8.03. The number of hydrogen-bond acceptors (Lipinski definition) is 6. The SMILES string of the molecule is Cn1cccc(COc2cccc(-c3cc(F)c(Cc4nc5ccc(C(=O)O)cc5n4C4COCC4(C)C)cc3F)n2)c1=O. The minimum absolute atomic E-state index is 0.0302. The van der Waals surface area contributed by atoms with Gasteiger partial charge in [0, 0.05) is 36.7 Å². The molecule has 1 saturated heterocycles. The van der Waals surface area contributed by atoms with Gasteiger partial charge in [0.25, 0.3) is 5.56 Å². The van der Waals surface area contributed by atoms with Crippen LogP contribution < -0.4 is 10.3 Å². The van der Waals surface area contributed by atoms with Gasteiger partial charge in [0.2, 0.25) is 5.88 Å². The van der Waals surface area contributed by atoms with Crippen molar-refractivity contribution in [2.45, 2.75) is 32.9 Å². The second-order valence-corrected chi connectivity index (χ2v) is 11.6. The lowest BCUT2D eigenvalue weighted by Gasteiger charge is -2.28. The highest BCUT2D eigenvalue weighted by atomic mass is 19.1. The summed E-state index contributed by atoms with van der Waals surface area (Å²) in [4.78, 5) is 33.0. The van der Waals surface area contributed by atoms with E-state index in [1.54, 1.807) is 55.7 Å². The molecule has 1 N–H and O–H groups in total. The van der Waals surface area contributed by atoms with Crippen molar-refractivity contribution in [1.29, 1.82) is 0 Å². The lowest BCUT2D eigenvalue weighted by Crippen LogP contribution is -2.27. The molecule has 1 fully saturated rings. The van der Waals surface area contributed by atoms with Crippen LogP contribution in [0.2, 0.25) is 0 Å². The van der Waals surface area contributed by atoms with E-state index in [1.807, 2.05) is 18.4 Å². The monoisotopic (exact) mass is 600 g/mol. The van der Waals surface area contributed by atoms with E-state index in [9.17, 15) is 14.7 Å². The third kappa shape index (κ3) is 5.46. The van der Waals surface area contributed by atoms with Gasteiger partial charge in [-0.2, -0.15) is 0 Å². The van der Waals surface area contributed by atoms with E-state index < -0.39 is 17.6 Å². The van der Waals surface area contributed by atoms with Crippen LogP contribution in [0.5, 0.6) is 5.88 Å². The molecule has 0 aliphatic carbocycles.